The largest absolute Gasteiger partial charge is 0.335 e. The summed E-state index contributed by atoms with van der Waals surface area (Å²) < 4.78 is 27.7. The molecular formula is C21H27N3O3S2. The molecule has 0 N–H and O–H groups in total. The molecule has 156 valence electrons. The number of carbonyl (C=O) groups excluding carboxylic acids is 1. The van der Waals surface area contributed by atoms with Gasteiger partial charge in [-0.25, -0.2) is 8.42 Å². The van der Waals surface area contributed by atoms with Gasteiger partial charge in [-0.3, -0.25) is 9.78 Å². The number of rotatable bonds is 4. The van der Waals surface area contributed by atoms with Crippen LogP contribution in [0.4, 0.5) is 0 Å². The maximum absolute atomic E-state index is 13.5. The Labute approximate surface area is 176 Å². The number of likely N-dealkylation sites (tertiary alicyclic amines) is 1. The molecule has 29 heavy (non-hydrogen) atoms. The van der Waals surface area contributed by atoms with Crippen molar-refractivity contribution in [2.24, 2.45) is 5.92 Å². The zero-order chi connectivity index (χ0) is 20.3. The SMILES string of the molecule is O=C(C1CCCN(S(=O)(=O)c2cccs2)C1)N1CCCCCC1c1ccncc1. The van der Waals surface area contributed by atoms with Gasteiger partial charge in [-0.1, -0.05) is 18.9 Å². The molecule has 2 aromatic rings. The van der Waals surface area contributed by atoms with Crippen LogP contribution in [0, 0.1) is 5.92 Å². The second kappa shape index (κ2) is 8.93. The lowest BCUT2D eigenvalue weighted by Crippen LogP contribution is -2.47. The molecule has 0 radical (unpaired) electrons. The van der Waals surface area contributed by atoms with Crippen LogP contribution in [-0.2, 0) is 14.8 Å². The minimum atomic E-state index is -3.52. The summed E-state index contributed by atoms with van der Waals surface area (Å²) in [7, 11) is -3.52. The second-order valence-electron chi connectivity index (χ2n) is 7.81. The smallest absolute Gasteiger partial charge is 0.252 e. The lowest BCUT2D eigenvalue weighted by Gasteiger charge is -2.37. The highest BCUT2D eigenvalue weighted by molar-refractivity contribution is 7.91. The molecule has 1 amide bonds. The van der Waals surface area contributed by atoms with Crippen molar-refractivity contribution in [2.45, 2.75) is 48.8 Å². The van der Waals surface area contributed by atoms with E-state index >= 15 is 0 Å². The highest BCUT2D eigenvalue weighted by Gasteiger charge is 2.37. The predicted octanol–water partition coefficient (Wildman–Crippen LogP) is 3.69. The van der Waals surface area contributed by atoms with Gasteiger partial charge in [-0.15, -0.1) is 11.3 Å². The molecule has 2 atom stereocenters. The molecule has 2 saturated heterocycles. The number of nitrogens with zero attached hydrogens (tertiary/aromatic N) is 3. The van der Waals surface area contributed by atoms with E-state index in [1.54, 1.807) is 29.9 Å². The fraction of sp³-hybridized carbons (Fsp3) is 0.524. The fourth-order valence-electron chi connectivity index (χ4n) is 4.44. The molecule has 0 aliphatic carbocycles. The van der Waals surface area contributed by atoms with Gasteiger partial charge < -0.3 is 4.90 Å². The Morgan fingerprint density at radius 2 is 1.86 bits per heavy atom. The topological polar surface area (TPSA) is 70.6 Å². The fourth-order valence-corrected chi connectivity index (χ4v) is 7.11. The number of thiophene rings is 1. The Kier molecular flexibility index (Phi) is 6.32. The van der Waals surface area contributed by atoms with Gasteiger partial charge in [0.1, 0.15) is 4.21 Å². The third-order valence-electron chi connectivity index (χ3n) is 5.95. The summed E-state index contributed by atoms with van der Waals surface area (Å²) >= 11 is 1.23. The number of hydrogen-bond donors (Lipinski definition) is 0. The van der Waals surface area contributed by atoms with Gasteiger partial charge in [-0.05, 0) is 54.8 Å². The summed E-state index contributed by atoms with van der Waals surface area (Å²) in [5.74, 6) is -0.180. The monoisotopic (exact) mass is 433 g/mol. The second-order valence-corrected chi connectivity index (χ2v) is 10.9. The van der Waals surface area contributed by atoms with Crippen molar-refractivity contribution in [3.63, 3.8) is 0 Å². The summed E-state index contributed by atoms with van der Waals surface area (Å²) in [6, 6.07) is 7.42. The lowest BCUT2D eigenvalue weighted by atomic mass is 9.95. The van der Waals surface area contributed by atoms with Crippen LogP contribution in [-0.4, -0.2) is 48.1 Å². The zero-order valence-corrected chi connectivity index (χ0v) is 18.1. The van der Waals surface area contributed by atoms with Crippen molar-refractivity contribution in [2.75, 3.05) is 19.6 Å². The molecule has 0 saturated carbocycles. The molecular weight excluding hydrogens is 406 g/mol. The van der Waals surface area contributed by atoms with Crippen molar-refractivity contribution >= 4 is 27.3 Å². The summed E-state index contributed by atoms with van der Waals surface area (Å²) in [6.07, 6.45) is 9.17. The van der Waals surface area contributed by atoms with E-state index < -0.39 is 10.0 Å². The maximum atomic E-state index is 13.5. The van der Waals surface area contributed by atoms with Gasteiger partial charge in [0, 0.05) is 32.0 Å². The van der Waals surface area contributed by atoms with Crippen LogP contribution in [0.5, 0.6) is 0 Å². The standard InChI is InChI=1S/C21H27N3O3S2/c25-21(24-14-3-1-2-7-19(24)17-9-11-22-12-10-17)18-6-4-13-23(16-18)29(26,27)20-8-5-15-28-20/h5,8-12,15,18-19H,1-4,6-7,13-14,16H2. The van der Waals surface area contributed by atoms with Gasteiger partial charge in [0.25, 0.3) is 10.0 Å². The number of carbonyl (C=O) groups is 1. The maximum Gasteiger partial charge on any atom is 0.252 e. The molecule has 0 aromatic carbocycles. The average molecular weight is 434 g/mol. The Bertz CT molecular complexity index is 916. The summed E-state index contributed by atoms with van der Waals surface area (Å²) in [4.78, 5) is 19.7. The first-order valence-electron chi connectivity index (χ1n) is 10.3. The lowest BCUT2D eigenvalue weighted by molar-refractivity contribution is -0.139. The van der Waals surface area contributed by atoms with Crippen LogP contribution in [0.1, 0.15) is 50.1 Å². The van der Waals surface area contributed by atoms with Gasteiger partial charge in [0.05, 0.1) is 12.0 Å². The zero-order valence-electron chi connectivity index (χ0n) is 16.4. The highest BCUT2D eigenvalue weighted by Crippen LogP contribution is 2.33. The number of pyridine rings is 1. The molecule has 4 heterocycles. The molecule has 2 aliphatic heterocycles. The highest BCUT2D eigenvalue weighted by atomic mass is 32.2. The van der Waals surface area contributed by atoms with Crippen molar-refractivity contribution in [1.82, 2.24) is 14.2 Å². The molecule has 2 unspecified atom stereocenters. The number of piperidine rings is 1. The van der Waals surface area contributed by atoms with E-state index in [1.165, 1.54) is 15.6 Å². The molecule has 2 aliphatic rings. The van der Waals surface area contributed by atoms with Gasteiger partial charge in [-0.2, -0.15) is 4.31 Å². The van der Waals surface area contributed by atoms with E-state index in [0.717, 1.165) is 50.6 Å². The van der Waals surface area contributed by atoms with E-state index in [2.05, 4.69) is 4.98 Å². The first-order valence-corrected chi connectivity index (χ1v) is 12.6. The van der Waals surface area contributed by atoms with Crippen LogP contribution in [0.25, 0.3) is 0 Å². The van der Waals surface area contributed by atoms with Crippen LogP contribution in [0.2, 0.25) is 0 Å². The number of hydrogen-bond acceptors (Lipinski definition) is 5. The molecule has 6 nitrogen and oxygen atoms in total. The van der Waals surface area contributed by atoms with Crippen LogP contribution < -0.4 is 0 Å². The van der Waals surface area contributed by atoms with Crippen molar-refractivity contribution in [3.05, 3.63) is 47.6 Å². The van der Waals surface area contributed by atoms with Crippen LogP contribution >= 0.6 is 11.3 Å². The van der Waals surface area contributed by atoms with Gasteiger partial charge >= 0.3 is 0 Å². The van der Waals surface area contributed by atoms with E-state index in [-0.39, 0.29) is 24.4 Å². The number of sulfonamides is 1. The number of amides is 1. The Hall–Kier alpha value is -1.77. The van der Waals surface area contributed by atoms with Gasteiger partial charge in [0.2, 0.25) is 5.91 Å². The third kappa shape index (κ3) is 4.39. The molecule has 8 heteroatoms. The molecule has 0 bridgehead atoms. The minimum absolute atomic E-state index is 0.0530. The Morgan fingerprint density at radius 3 is 2.62 bits per heavy atom. The van der Waals surface area contributed by atoms with Crippen LogP contribution in [0.15, 0.2) is 46.2 Å². The van der Waals surface area contributed by atoms with E-state index in [1.807, 2.05) is 17.0 Å². The first kappa shape index (κ1) is 20.5. The van der Waals surface area contributed by atoms with Crippen LogP contribution in [0.3, 0.4) is 0 Å². The summed E-state index contributed by atoms with van der Waals surface area (Å²) in [6.45, 7) is 1.50. The first-order chi connectivity index (χ1) is 14.1. The Morgan fingerprint density at radius 1 is 1.03 bits per heavy atom. The summed E-state index contributed by atoms with van der Waals surface area (Å²) in [5.41, 5.74) is 1.12. The number of aromatic nitrogens is 1. The van der Waals surface area contributed by atoms with Crippen molar-refractivity contribution in [3.8, 4) is 0 Å². The minimum Gasteiger partial charge on any atom is -0.335 e. The van der Waals surface area contributed by atoms with Gasteiger partial charge in [0.15, 0.2) is 0 Å². The molecule has 2 aromatic heterocycles. The van der Waals surface area contributed by atoms with E-state index in [4.69, 9.17) is 0 Å². The van der Waals surface area contributed by atoms with E-state index in [9.17, 15) is 13.2 Å². The van der Waals surface area contributed by atoms with E-state index in [0.29, 0.717) is 10.8 Å². The molecule has 0 spiro atoms. The van der Waals surface area contributed by atoms with Crippen molar-refractivity contribution in [1.29, 1.82) is 0 Å². The quantitative estimate of drug-likeness (QED) is 0.737. The normalized spacial score (nSPS) is 24.2. The summed E-state index contributed by atoms with van der Waals surface area (Å²) in [5, 5.41) is 1.77. The average Bonchev–Trinajstić information content (AvgIpc) is 3.20. The third-order valence-corrected chi connectivity index (χ3v) is 9.19. The Balaban J connectivity index is 1.54. The predicted molar refractivity (Wildman–Crippen MR) is 113 cm³/mol. The van der Waals surface area contributed by atoms with Crippen molar-refractivity contribution < 1.29 is 13.2 Å². The molecule has 2 fully saturated rings. The molecule has 4 rings (SSSR count).